The summed E-state index contributed by atoms with van der Waals surface area (Å²) in [4.78, 5) is 23.7. The maximum Gasteiger partial charge on any atom is 0.350 e. The molecule has 0 bridgehead atoms. The first-order valence-electron chi connectivity index (χ1n) is 6.93. The summed E-state index contributed by atoms with van der Waals surface area (Å²) in [6, 6.07) is 0. The number of carbonyl (C=O) groups excluding carboxylic acids is 1. The number of aliphatic carboxylic acids is 1. The van der Waals surface area contributed by atoms with Crippen molar-refractivity contribution in [1.82, 2.24) is 0 Å². The van der Waals surface area contributed by atoms with Gasteiger partial charge >= 0.3 is 11.9 Å². The normalized spacial score (nSPS) is 19.3. The van der Waals surface area contributed by atoms with Crippen molar-refractivity contribution >= 4 is 11.9 Å². The van der Waals surface area contributed by atoms with Crippen LogP contribution in [0.4, 0.5) is 0 Å². The van der Waals surface area contributed by atoms with Gasteiger partial charge < -0.3 is 25.1 Å². The quantitative estimate of drug-likeness (QED) is 0.489. The lowest BCUT2D eigenvalue weighted by Crippen LogP contribution is -2.53. The number of carboxylic acids is 1. The van der Waals surface area contributed by atoms with Crippen LogP contribution < -0.4 is 5.73 Å². The molecule has 116 valence electrons. The second kappa shape index (κ2) is 8.18. The molecule has 1 unspecified atom stereocenters. The molecule has 0 aliphatic carbocycles. The second-order valence-corrected chi connectivity index (χ2v) is 4.67. The Hall–Kier alpha value is -1.18. The molecule has 1 saturated heterocycles. The molecule has 3 N–H and O–H groups in total. The first kappa shape index (κ1) is 16.9. The van der Waals surface area contributed by atoms with Gasteiger partial charge in [0.15, 0.2) is 0 Å². The Labute approximate surface area is 118 Å². The monoisotopic (exact) mass is 289 g/mol. The van der Waals surface area contributed by atoms with E-state index in [1.165, 1.54) is 0 Å². The summed E-state index contributed by atoms with van der Waals surface area (Å²) in [5.41, 5.74) is 3.46. The molecule has 0 spiro atoms. The molecular formula is C13H23NO6. The van der Waals surface area contributed by atoms with Crippen molar-refractivity contribution in [3.8, 4) is 0 Å². The Kier molecular flexibility index (Phi) is 6.90. The molecule has 7 heteroatoms. The number of ether oxygens (including phenoxy) is 3. The Balaban J connectivity index is 2.88. The van der Waals surface area contributed by atoms with Gasteiger partial charge in [-0.1, -0.05) is 0 Å². The fourth-order valence-corrected chi connectivity index (χ4v) is 2.13. The van der Waals surface area contributed by atoms with Gasteiger partial charge in [0.2, 0.25) is 0 Å². The highest BCUT2D eigenvalue weighted by molar-refractivity contribution is 6.02. The van der Waals surface area contributed by atoms with Crippen LogP contribution in [0.2, 0.25) is 0 Å². The predicted molar refractivity (Wildman–Crippen MR) is 70.2 cm³/mol. The van der Waals surface area contributed by atoms with Crippen LogP contribution in [-0.4, -0.2) is 55.1 Å². The summed E-state index contributed by atoms with van der Waals surface area (Å²) in [5.74, 6) is -2.18. The van der Waals surface area contributed by atoms with Crippen molar-refractivity contribution in [2.45, 2.75) is 44.3 Å². The number of rotatable bonds is 8. The van der Waals surface area contributed by atoms with Gasteiger partial charge in [-0.3, -0.25) is 0 Å². The maximum absolute atomic E-state index is 12.1. The standard InChI is InChI=1S/C13H23NO6/c1-2-19-12(17)13(11(15)16,6-3-7-14)20-10-4-8-18-9-5-10/h10H,2-9,14H2,1H3,(H,15,16). The van der Waals surface area contributed by atoms with Crippen LogP contribution in [0.3, 0.4) is 0 Å². The van der Waals surface area contributed by atoms with E-state index in [1.54, 1.807) is 6.92 Å². The summed E-state index contributed by atoms with van der Waals surface area (Å²) in [7, 11) is 0. The molecule has 1 atom stereocenters. The van der Waals surface area contributed by atoms with E-state index in [0.717, 1.165) is 0 Å². The lowest BCUT2D eigenvalue weighted by Gasteiger charge is -2.33. The molecule has 7 nitrogen and oxygen atoms in total. The predicted octanol–water partition coefficient (Wildman–Crippen LogP) is 0.307. The molecular weight excluding hydrogens is 266 g/mol. The third-order valence-corrected chi connectivity index (χ3v) is 3.22. The lowest BCUT2D eigenvalue weighted by atomic mass is 9.96. The van der Waals surface area contributed by atoms with Gasteiger partial charge in [-0.2, -0.15) is 0 Å². The van der Waals surface area contributed by atoms with E-state index in [-0.39, 0.29) is 25.7 Å². The van der Waals surface area contributed by atoms with Gasteiger partial charge in [-0.05, 0) is 39.2 Å². The summed E-state index contributed by atoms with van der Waals surface area (Å²) < 4.78 is 15.7. The van der Waals surface area contributed by atoms with Gasteiger partial charge in [0, 0.05) is 13.2 Å². The molecule has 20 heavy (non-hydrogen) atoms. The Morgan fingerprint density at radius 1 is 1.40 bits per heavy atom. The molecule has 1 fully saturated rings. The number of esters is 1. The maximum atomic E-state index is 12.1. The fourth-order valence-electron chi connectivity index (χ4n) is 2.13. The van der Waals surface area contributed by atoms with E-state index in [1.807, 2.05) is 0 Å². The van der Waals surface area contributed by atoms with Crippen molar-refractivity contribution < 1.29 is 28.9 Å². The largest absolute Gasteiger partial charge is 0.479 e. The Bertz CT molecular complexity index is 329. The van der Waals surface area contributed by atoms with E-state index in [2.05, 4.69) is 0 Å². The molecule has 1 rings (SSSR count). The first-order valence-corrected chi connectivity index (χ1v) is 6.93. The number of carboxylic acid groups (broad SMARTS) is 1. The zero-order chi connectivity index (χ0) is 15.0. The van der Waals surface area contributed by atoms with Crippen LogP contribution in [0.15, 0.2) is 0 Å². The second-order valence-electron chi connectivity index (χ2n) is 4.67. The third-order valence-electron chi connectivity index (χ3n) is 3.22. The molecule has 0 amide bonds. The van der Waals surface area contributed by atoms with Crippen molar-refractivity contribution in [2.24, 2.45) is 5.73 Å². The zero-order valence-corrected chi connectivity index (χ0v) is 11.8. The van der Waals surface area contributed by atoms with Crippen LogP contribution in [0.5, 0.6) is 0 Å². The van der Waals surface area contributed by atoms with Gasteiger partial charge in [0.1, 0.15) is 0 Å². The van der Waals surface area contributed by atoms with Gasteiger partial charge in [0.05, 0.1) is 12.7 Å². The first-order chi connectivity index (χ1) is 9.56. The van der Waals surface area contributed by atoms with Crippen LogP contribution in [0.25, 0.3) is 0 Å². The molecule has 0 saturated carbocycles. The number of nitrogens with two attached hydrogens (primary N) is 1. The summed E-state index contributed by atoms with van der Waals surface area (Å²) in [5, 5.41) is 9.48. The molecule has 0 aromatic heterocycles. The number of hydrogen-bond donors (Lipinski definition) is 2. The highest BCUT2D eigenvalue weighted by Crippen LogP contribution is 2.26. The minimum atomic E-state index is -1.96. The van der Waals surface area contributed by atoms with E-state index in [0.29, 0.717) is 32.5 Å². The Morgan fingerprint density at radius 2 is 2.05 bits per heavy atom. The van der Waals surface area contributed by atoms with Gasteiger partial charge in [-0.15, -0.1) is 0 Å². The van der Waals surface area contributed by atoms with E-state index in [4.69, 9.17) is 19.9 Å². The molecule has 0 aromatic rings. The van der Waals surface area contributed by atoms with E-state index in [9.17, 15) is 14.7 Å². The lowest BCUT2D eigenvalue weighted by molar-refractivity contribution is -0.200. The average molecular weight is 289 g/mol. The summed E-state index contributed by atoms with van der Waals surface area (Å²) in [6.07, 6.45) is 1.19. The highest BCUT2D eigenvalue weighted by atomic mass is 16.6. The van der Waals surface area contributed by atoms with Gasteiger partial charge in [-0.25, -0.2) is 9.59 Å². The molecule has 1 aliphatic heterocycles. The summed E-state index contributed by atoms with van der Waals surface area (Å²) in [6.45, 7) is 3.02. The van der Waals surface area contributed by atoms with Crippen LogP contribution in [0, 0.1) is 0 Å². The zero-order valence-electron chi connectivity index (χ0n) is 11.8. The van der Waals surface area contributed by atoms with Crippen LogP contribution in [0.1, 0.15) is 32.6 Å². The minimum Gasteiger partial charge on any atom is -0.479 e. The van der Waals surface area contributed by atoms with Crippen LogP contribution >= 0.6 is 0 Å². The number of carbonyl (C=O) groups is 2. The van der Waals surface area contributed by atoms with Crippen molar-refractivity contribution in [2.75, 3.05) is 26.4 Å². The third kappa shape index (κ3) is 4.16. The highest BCUT2D eigenvalue weighted by Gasteiger charge is 2.50. The minimum absolute atomic E-state index is 0.00895. The van der Waals surface area contributed by atoms with E-state index < -0.39 is 17.5 Å². The fraction of sp³-hybridized carbons (Fsp3) is 0.846. The van der Waals surface area contributed by atoms with Crippen molar-refractivity contribution in [3.05, 3.63) is 0 Å². The average Bonchev–Trinajstić information content (AvgIpc) is 2.44. The Morgan fingerprint density at radius 3 is 2.55 bits per heavy atom. The van der Waals surface area contributed by atoms with Crippen molar-refractivity contribution in [3.63, 3.8) is 0 Å². The van der Waals surface area contributed by atoms with E-state index >= 15 is 0 Å². The number of hydrogen-bond acceptors (Lipinski definition) is 6. The summed E-state index contributed by atoms with van der Waals surface area (Å²) >= 11 is 0. The molecule has 1 heterocycles. The van der Waals surface area contributed by atoms with Gasteiger partial charge in [0.25, 0.3) is 5.60 Å². The van der Waals surface area contributed by atoms with Crippen LogP contribution in [-0.2, 0) is 23.8 Å². The SMILES string of the molecule is CCOC(=O)C(CCCN)(OC1CCOCC1)C(=O)O. The molecule has 0 aromatic carbocycles. The topological polar surface area (TPSA) is 108 Å². The van der Waals surface area contributed by atoms with Crippen molar-refractivity contribution in [1.29, 1.82) is 0 Å². The molecule has 0 radical (unpaired) electrons. The smallest absolute Gasteiger partial charge is 0.350 e. The molecule has 1 aliphatic rings.